The molecule has 0 spiro atoms. The maximum atomic E-state index is 9.61. The summed E-state index contributed by atoms with van der Waals surface area (Å²) in [7, 11) is 0. The van der Waals surface area contributed by atoms with E-state index in [4.69, 9.17) is 4.74 Å². The fourth-order valence-corrected chi connectivity index (χ4v) is 1.05. The maximum absolute atomic E-state index is 9.61. The SMILES string of the molecule is C=CCO[C@@](C)(CC=C)[C@@H](O)C=C. The molecule has 2 heteroatoms. The first-order chi connectivity index (χ1) is 6.10. The Balaban J connectivity index is 4.38. The quantitative estimate of drug-likeness (QED) is 0.611. The maximum Gasteiger partial charge on any atom is 0.101 e. The number of hydrogen-bond acceptors (Lipinski definition) is 2. The minimum Gasteiger partial charge on any atom is -0.386 e. The lowest BCUT2D eigenvalue weighted by atomic mass is 9.95. The Bertz CT molecular complexity index is 187. The van der Waals surface area contributed by atoms with Gasteiger partial charge in [0.15, 0.2) is 0 Å². The third-order valence-electron chi connectivity index (χ3n) is 1.93. The molecule has 74 valence electrons. The Morgan fingerprint density at radius 1 is 1.38 bits per heavy atom. The average Bonchev–Trinajstić information content (AvgIpc) is 2.14. The van der Waals surface area contributed by atoms with Crippen LogP contribution in [0.2, 0.25) is 0 Å². The molecule has 0 aliphatic heterocycles. The molecule has 0 amide bonds. The molecular formula is C11H18O2. The van der Waals surface area contributed by atoms with E-state index in [1.54, 1.807) is 12.2 Å². The van der Waals surface area contributed by atoms with Gasteiger partial charge in [-0.05, 0) is 13.3 Å². The van der Waals surface area contributed by atoms with Gasteiger partial charge in [-0.15, -0.1) is 19.7 Å². The van der Waals surface area contributed by atoms with E-state index in [0.29, 0.717) is 13.0 Å². The summed E-state index contributed by atoms with van der Waals surface area (Å²) in [5.74, 6) is 0. The van der Waals surface area contributed by atoms with Gasteiger partial charge in [0.1, 0.15) is 6.10 Å². The lowest BCUT2D eigenvalue weighted by molar-refractivity contribution is -0.0823. The van der Waals surface area contributed by atoms with Gasteiger partial charge in [0.25, 0.3) is 0 Å². The summed E-state index contributed by atoms with van der Waals surface area (Å²) in [6.07, 6.45) is 4.72. The normalized spacial score (nSPS) is 17.1. The van der Waals surface area contributed by atoms with E-state index in [1.807, 2.05) is 6.92 Å². The molecule has 0 rings (SSSR count). The minimum atomic E-state index is -0.689. The van der Waals surface area contributed by atoms with Gasteiger partial charge >= 0.3 is 0 Å². The largest absolute Gasteiger partial charge is 0.386 e. The van der Waals surface area contributed by atoms with Crippen molar-refractivity contribution in [3.63, 3.8) is 0 Å². The Labute approximate surface area is 80.2 Å². The van der Waals surface area contributed by atoms with Crippen molar-refractivity contribution in [1.29, 1.82) is 0 Å². The van der Waals surface area contributed by atoms with E-state index in [9.17, 15) is 5.11 Å². The molecule has 0 aromatic carbocycles. The predicted octanol–water partition coefficient (Wildman–Crippen LogP) is 2.07. The highest BCUT2D eigenvalue weighted by atomic mass is 16.5. The fourth-order valence-electron chi connectivity index (χ4n) is 1.05. The van der Waals surface area contributed by atoms with Crippen molar-refractivity contribution in [3.8, 4) is 0 Å². The van der Waals surface area contributed by atoms with Crippen molar-refractivity contribution >= 4 is 0 Å². The highest BCUT2D eigenvalue weighted by Crippen LogP contribution is 2.21. The highest BCUT2D eigenvalue weighted by molar-refractivity contribution is 4.98. The number of ether oxygens (including phenoxy) is 1. The van der Waals surface area contributed by atoms with Crippen LogP contribution in [0.5, 0.6) is 0 Å². The van der Waals surface area contributed by atoms with Gasteiger partial charge in [-0.25, -0.2) is 0 Å². The summed E-state index contributed by atoms with van der Waals surface area (Å²) >= 11 is 0. The molecule has 0 radical (unpaired) electrons. The summed E-state index contributed by atoms with van der Waals surface area (Å²) in [5, 5.41) is 9.61. The number of rotatable bonds is 7. The third-order valence-corrected chi connectivity index (χ3v) is 1.93. The average molecular weight is 182 g/mol. The molecule has 1 N–H and O–H groups in total. The van der Waals surface area contributed by atoms with E-state index in [2.05, 4.69) is 19.7 Å². The van der Waals surface area contributed by atoms with Gasteiger partial charge in [0, 0.05) is 0 Å². The fraction of sp³-hybridized carbons (Fsp3) is 0.455. The van der Waals surface area contributed by atoms with Gasteiger partial charge < -0.3 is 9.84 Å². The van der Waals surface area contributed by atoms with Crippen LogP contribution in [0.25, 0.3) is 0 Å². The molecule has 13 heavy (non-hydrogen) atoms. The zero-order chi connectivity index (χ0) is 10.3. The molecule has 0 saturated carbocycles. The molecule has 0 heterocycles. The monoisotopic (exact) mass is 182 g/mol. The van der Waals surface area contributed by atoms with Gasteiger partial charge in [-0.1, -0.05) is 18.2 Å². The highest BCUT2D eigenvalue weighted by Gasteiger charge is 2.30. The molecule has 0 saturated heterocycles. The summed E-state index contributed by atoms with van der Waals surface area (Å²) in [6.45, 7) is 12.9. The van der Waals surface area contributed by atoms with Gasteiger partial charge in [-0.3, -0.25) is 0 Å². The first-order valence-electron chi connectivity index (χ1n) is 4.27. The van der Waals surface area contributed by atoms with E-state index in [1.165, 1.54) is 6.08 Å². The Kier molecular flexibility index (Phi) is 5.35. The summed E-state index contributed by atoms with van der Waals surface area (Å²) in [6, 6.07) is 0. The Morgan fingerprint density at radius 2 is 2.00 bits per heavy atom. The van der Waals surface area contributed by atoms with Gasteiger partial charge in [0.05, 0.1) is 12.2 Å². The van der Waals surface area contributed by atoms with E-state index >= 15 is 0 Å². The van der Waals surface area contributed by atoms with Gasteiger partial charge in [-0.2, -0.15) is 0 Å². The van der Waals surface area contributed by atoms with Crippen LogP contribution in [0.4, 0.5) is 0 Å². The standard InChI is InChI=1S/C11H18O2/c1-5-8-11(4,10(12)7-3)13-9-6-2/h5-7,10,12H,1-3,8-9H2,4H3/t10-,11-/m0/s1. The van der Waals surface area contributed by atoms with Crippen LogP contribution in [0, 0.1) is 0 Å². The summed E-state index contributed by atoms with van der Waals surface area (Å²) < 4.78 is 5.46. The zero-order valence-electron chi connectivity index (χ0n) is 8.20. The molecule has 0 bridgehead atoms. The lowest BCUT2D eigenvalue weighted by Crippen LogP contribution is -2.40. The van der Waals surface area contributed by atoms with Crippen molar-refractivity contribution in [2.75, 3.05) is 6.61 Å². The van der Waals surface area contributed by atoms with Crippen LogP contribution in [-0.4, -0.2) is 23.4 Å². The predicted molar refractivity (Wildman–Crippen MR) is 55.6 cm³/mol. The Hall–Kier alpha value is -0.860. The van der Waals surface area contributed by atoms with Crippen molar-refractivity contribution < 1.29 is 9.84 Å². The molecular weight excluding hydrogens is 164 g/mol. The van der Waals surface area contributed by atoms with Gasteiger partial charge in [0.2, 0.25) is 0 Å². The summed E-state index contributed by atoms with van der Waals surface area (Å²) in [5.41, 5.74) is -0.641. The molecule has 0 unspecified atom stereocenters. The van der Waals surface area contributed by atoms with Crippen molar-refractivity contribution in [2.24, 2.45) is 0 Å². The zero-order valence-corrected chi connectivity index (χ0v) is 8.20. The first kappa shape index (κ1) is 12.1. The molecule has 0 aromatic rings. The van der Waals surface area contributed by atoms with E-state index in [0.717, 1.165) is 0 Å². The van der Waals surface area contributed by atoms with Crippen LogP contribution in [0.15, 0.2) is 38.0 Å². The number of aliphatic hydroxyl groups is 1. The number of hydrogen-bond donors (Lipinski definition) is 1. The van der Waals surface area contributed by atoms with Crippen molar-refractivity contribution in [3.05, 3.63) is 38.0 Å². The second-order valence-electron chi connectivity index (χ2n) is 3.09. The summed E-state index contributed by atoms with van der Waals surface area (Å²) in [4.78, 5) is 0. The lowest BCUT2D eigenvalue weighted by Gasteiger charge is -2.31. The topological polar surface area (TPSA) is 29.5 Å². The first-order valence-corrected chi connectivity index (χ1v) is 4.27. The molecule has 0 aliphatic rings. The number of aliphatic hydroxyl groups excluding tert-OH is 1. The van der Waals surface area contributed by atoms with Crippen LogP contribution in [0.3, 0.4) is 0 Å². The Morgan fingerprint density at radius 3 is 2.38 bits per heavy atom. The van der Waals surface area contributed by atoms with Crippen LogP contribution in [0.1, 0.15) is 13.3 Å². The second-order valence-corrected chi connectivity index (χ2v) is 3.09. The molecule has 0 aromatic heterocycles. The third kappa shape index (κ3) is 3.57. The van der Waals surface area contributed by atoms with Crippen LogP contribution < -0.4 is 0 Å². The molecule has 2 atom stereocenters. The van der Waals surface area contributed by atoms with E-state index in [-0.39, 0.29) is 0 Å². The second kappa shape index (κ2) is 5.73. The van der Waals surface area contributed by atoms with Crippen LogP contribution >= 0.6 is 0 Å². The molecule has 2 nitrogen and oxygen atoms in total. The smallest absolute Gasteiger partial charge is 0.101 e. The van der Waals surface area contributed by atoms with E-state index < -0.39 is 11.7 Å². The minimum absolute atomic E-state index is 0.412. The van der Waals surface area contributed by atoms with Crippen molar-refractivity contribution in [1.82, 2.24) is 0 Å². The molecule has 0 fully saturated rings. The van der Waals surface area contributed by atoms with Crippen LogP contribution in [-0.2, 0) is 4.74 Å². The van der Waals surface area contributed by atoms with Crippen molar-refractivity contribution in [2.45, 2.75) is 25.0 Å². The molecule has 0 aliphatic carbocycles.